The maximum atomic E-state index is 9.11. The fraction of sp³-hybridized carbons (Fsp3) is 0.700. The molecule has 1 aromatic heterocycles. The molecule has 1 aromatic rings. The van der Waals surface area contributed by atoms with Crippen molar-refractivity contribution >= 4 is 0 Å². The molecule has 4 nitrogen and oxygen atoms in total. The Morgan fingerprint density at radius 1 is 1.64 bits per heavy atom. The summed E-state index contributed by atoms with van der Waals surface area (Å²) in [4.78, 5) is 4.22. The number of hydrogen-bond donors (Lipinski definition) is 2. The van der Waals surface area contributed by atoms with Crippen molar-refractivity contribution in [1.29, 1.82) is 0 Å². The number of nitrogens with one attached hydrogen (secondary N) is 1. The molecule has 0 bridgehead atoms. The Balaban J connectivity index is 1.76. The van der Waals surface area contributed by atoms with Crippen molar-refractivity contribution in [3.8, 4) is 0 Å². The Bertz CT molecular complexity index is 304. The van der Waals surface area contributed by atoms with Crippen molar-refractivity contribution in [1.82, 2.24) is 14.9 Å². The Morgan fingerprint density at radius 3 is 2.93 bits per heavy atom. The van der Waals surface area contributed by atoms with E-state index in [0.717, 1.165) is 31.8 Å². The lowest BCUT2D eigenvalue weighted by Crippen LogP contribution is -2.27. The largest absolute Gasteiger partial charge is 0.396 e. The summed E-state index contributed by atoms with van der Waals surface area (Å²) < 4.78 is 2.01. The Hall–Kier alpha value is -0.870. The van der Waals surface area contributed by atoms with Gasteiger partial charge in [0.15, 0.2) is 0 Å². The van der Waals surface area contributed by atoms with Gasteiger partial charge in [0.05, 0.1) is 6.54 Å². The van der Waals surface area contributed by atoms with E-state index >= 15 is 0 Å². The van der Waals surface area contributed by atoms with Crippen LogP contribution in [0.2, 0.25) is 0 Å². The van der Waals surface area contributed by atoms with Crippen molar-refractivity contribution in [3.05, 3.63) is 18.2 Å². The zero-order valence-corrected chi connectivity index (χ0v) is 8.53. The molecule has 0 unspecified atom stereocenters. The summed E-state index contributed by atoms with van der Waals surface area (Å²) >= 11 is 0. The molecule has 1 heterocycles. The Kier molecular flexibility index (Phi) is 2.56. The number of aliphatic hydroxyl groups is 1. The third kappa shape index (κ3) is 1.96. The molecule has 0 spiro atoms. The van der Waals surface area contributed by atoms with Crippen molar-refractivity contribution in [2.24, 2.45) is 12.5 Å². The minimum atomic E-state index is 0.186. The number of aryl methyl sites for hydroxylation is 1. The smallest absolute Gasteiger partial charge is 0.122 e. The second-order valence-electron chi connectivity index (χ2n) is 4.22. The first-order chi connectivity index (χ1) is 6.76. The number of imidazole rings is 1. The minimum absolute atomic E-state index is 0.186. The van der Waals surface area contributed by atoms with Crippen LogP contribution < -0.4 is 5.32 Å². The molecule has 2 N–H and O–H groups in total. The molecule has 0 radical (unpaired) electrons. The Labute approximate surface area is 84.0 Å². The van der Waals surface area contributed by atoms with Crippen LogP contribution in [0.25, 0.3) is 0 Å². The Morgan fingerprint density at radius 2 is 2.43 bits per heavy atom. The summed E-state index contributed by atoms with van der Waals surface area (Å²) in [5.41, 5.74) is 0.186. The van der Waals surface area contributed by atoms with E-state index in [1.807, 2.05) is 17.8 Å². The van der Waals surface area contributed by atoms with Crippen molar-refractivity contribution in [2.45, 2.75) is 19.4 Å². The van der Waals surface area contributed by atoms with E-state index in [1.165, 1.54) is 0 Å². The van der Waals surface area contributed by atoms with Gasteiger partial charge >= 0.3 is 0 Å². The molecule has 4 heteroatoms. The monoisotopic (exact) mass is 195 g/mol. The van der Waals surface area contributed by atoms with Crippen LogP contribution >= 0.6 is 0 Å². The zero-order valence-electron chi connectivity index (χ0n) is 8.53. The molecule has 14 heavy (non-hydrogen) atoms. The normalized spacial score (nSPS) is 18.4. The molecule has 0 aromatic carbocycles. The SMILES string of the molecule is Cn1ccnc1CNCC1(CO)CC1. The van der Waals surface area contributed by atoms with Crippen molar-refractivity contribution < 1.29 is 5.11 Å². The zero-order chi connectivity index (χ0) is 10.0. The van der Waals surface area contributed by atoms with Crippen LogP contribution in [0.4, 0.5) is 0 Å². The van der Waals surface area contributed by atoms with Crippen LogP contribution in [-0.4, -0.2) is 27.8 Å². The van der Waals surface area contributed by atoms with Crippen LogP contribution in [-0.2, 0) is 13.6 Å². The topological polar surface area (TPSA) is 50.1 Å². The van der Waals surface area contributed by atoms with Gasteiger partial charge in [-0.3, -0.25) is 0 Å². The highest BCUT2D eigenvalue weighted by atomic mass is 16.3. The highest BCUT2D eigenvalue weighted by Crippen LogP contribution is 2.44. The summed E-state index contributed by atoms with van der Waals surface area (Å²) in [5.74, 6) is 1.04. The first-order valence-electron chi connectivity index (χ1n) is 5.04. The van der Waals surface area contributed by atoms with Gasteiger partial charge in [-0.15, -0.1) is 0 Å². The maximum absolute atomic E-state index is 9.11. The summed E-state index contributed by atoms with van der Waals surface area (Å²) in [6.07, 6.45) is 6.04. The van der Waals surface area contributed by atoms with E-state index in [9.17, 15) is 0 Å². The lowest BCUT2D eigenvalue weighted by molar-refractivity contribution is 0.207. The van der Waals surface area contributed by atoms with E-state index in [0.29, 0.717) is 6.61 Å². The fourth-order valence-corrected chi connectivity index (χ4v) is 1.57. The standard InChI is InChI=1S/C10H17N3O/c1-13-5-4-12-9(13)6-11-7-10(8-14)2-3-10/h4-5,11,14H,2-3,6-8H2,1H3. The minimum Gasteiger partial charge on any atom is -0.396 e. The fourth-order valence-electron chi connectivity index (χ4n) is 1.57. The van der Waals surface area contributed by atoms with Gasteiger partial charge < -0.3 is 15.0 Å². The maximum Gasteiger partial charge on any atom is 0.122 e. The number of aromatic nitrogens is 2. The lowest BCUT2D eigenvalue weighted by Gasteiger charge is -2.12. The van der Waals surface area contributed by atoms with Gasteiger partial charge in [0.2, 0.25) is 0 Å². The predicted molar refractivity (Wildman–Crippen MR) is 53.7 cm³/mol. The second-order valence-corrected chi connectivity index (χ2v) is 4.22. The molecule has 78 valence electrons. The molecule has 1 saturated carbocycles. The quantitative estimate of drug-likeness (QED) is 0.709. The number of nitrogens with zero attached hydrogens (tertiary/aromatic N) is 2. The highest BCUT2D eigenvalue weighted by Gasteiger charge is 2.41. The van der Waals surface area contributed by atoms with Gasteiger partial charge in [0, 0.05) is 38.0 Å². The second kappa shape index (κ2) is 3.71. The molecule has 0 amide bonds. The predicted octanol–water partition coefficient (Wildman–Crippen LogP) is 0.282. The summed E-state index contributed by atoms with van der Waals surface area (Å²) in [6, 6.07) is 0. The van der Waals surface area contributed by atoms with E-state index in [2.05, 4.69) is 10.3 Å². The molecule has 1 aliphatic carbocycles. The van der Waals surface area contributed by atoms with Crippen LogP contribution in [0.1, 0.15) is 18.7 Å². The molecule has 2 rings (SSSR count). The average Bonchev–Trinajstić information content (AvgIpc) is 2.86. The van der Waals surface area contributed by atoms with Gasteiger partial charge in [-0.05, 0) is 12.8 Å². The van der Waals surface area contributed by atoms with E-state index in [4.69, 9.17) is 5.11 Å². The van der Waals surface area contributed by atoms with Crippen molar-refractivity contribution in [2.75, 3.05) is 13.2 Å². The highest BCUT2D eigenvalue weighted by molar-refractivity contribution is 4.96. The molecular formula is C10H17N3O. The number of aliphatic hydroxyl groups excluding tert-OH is 1. The first kappa shape index (κ1) is 9.68. The first-order valence-corrected chi connectivity index (χ1v) is 5.04. The molecule has 0 atom stereocenters. The number of hydrogen-bond acceptors (Lipinski definition) is 3. The third-order valence-corrected chi connectivity index (χ3v) is 3.00. The van der Waals surface area contributed by atoms with Gasteiger partial charge in [-0.25, -0.2) is 4.98 Å². The molecule has 0 aliphatic heterocycles. The van der Waals surface area contributed by atoms with Gasteiger partial charge in [0.25, 0.3) is 0 Å². The molecular weight excluding hydrogens is 178 g/mol. The van der Waals surface area contributed by atoms with Crippen LogP contribution in [0, 0.1) is 5.41 Å². The van der Waals surface area contributed by atoms with E-state index < -0.39 is 0 Å². The third-order valence-electron chi connectivity index (χ3n) is 3.00. The molecule has 1 aliphatic rings. The summed E-state index contributed by atoms with van der Waals surface area (Å²) in [5, 5.41) is 12.4. The van der Waals surface area contributed by atoms with Gasteiger partial charge in [-0.1, -0.05) is 0 Å². The number of rotatable bonds is 5. The van der Waals surface area contributed by atoms with Crippen LogP contribution in [0.5, 0.6) is 0 Å². The van der Waals surface area contributed by atoms with Gasteiger partial charge in [-0.2, -0.15) is 0 Å². The molecule has 1 fully saturated rings. The van der Waals surface area contributed by atoms with Crippen molar-refractivity contribution in [3.63, 3.8) is 0 Å². The lowest BCUT2D eigenvalue weighted by atomic mass is 10.1. The van der Waals surface area contributed by atoms with Crippen LogP contribution in [0.15, 0.2) is 12.4 Å². The van der Waals surface area contributed by atoms with Gasteiger partial charge in [0.1, 0.15) is 5.82 Å². The summed E-state index contributed by atoms with van der Waals surface area (Å²) in [7, 11) is 1.99. The van der Waals surface area contributed by atoms with E-state index in [1.54, 1.807) is 6.20 Å². The van der Waals surface area contributed by atoms with Crippen LogP contribution in [0.3, 0.4) is 0 Å². The average molecular weight is 195 g/mol. The van der Waals surface area contributed by atoms with E-state index in [-0.39, 0.29) is 5.41 Å². The summed E-state index contributed by atoms with van der Waals surface area (Å²) in [6.45, 7) is 1.99. The molecule has 0 saturated heterocycles.